The number of carbonyl (C=O) groups is 1. The number of aryl methyl sites for hydroxylation is 1. The van der Waals surface area contributed by atoms with E-state index in [0.29, 0.717) is 16.6 Å². The van der Waals surface area contributed by atoms with Gasteiger partial charge in [-0.3, -0.25) is 4.79 Å². The van der Waals surface area contributed by atoms with Crippen molar-refractivity contribution in [2.45, 2.75) is 25.4 Å². The van der Waals surface area contributed by atoms with Crippen LogP contribution in [0, 0.1) is 0 Å². The van der Waals surface area contributed by atoms with Crippen LogP contribution in [0.15, 0.2) is 24.3 Å². The number of nitrogens with zero attached hydrogens (tertiary/aromatic N) is 1. The van der Waals surface area contributed by atoms with Crippen LogP contribution in [0.3, 0.4) is 0 Å². The van der Waals surface area contributed by atoms with E-state index in [1.165, 1.54) is 6.07 Å². The molecule has 0 aliphatic carbocycles. The summed E-state index contributed by atoms with van der Waals surface area (Å²) >= 11 is 0. The molecule has 1 aromatic carbocycles. The molecule has 2 aromatic rings. The second-order valence-electron chi connectivity index (χ2n) is 4.90. The van der Waals surface area contributed by atoms with Crippen LogP contribution in [0.4, 0.5) is 13.2 Å². The topological polar surface area (TPSA) is 42.2 Å². The summed E-state index contributed by atoms with van der Waals surface area (Å²) in [6.07, 6.45) is -4.44. The molecule has 0 bridgehead atoms. The van der Waals surface area contributed by atoms with Gasteiger partial charge in [-0.2, -0.15) is 13.2 Å². The molecule has 0 saturated carbocycles. The molecule has 0 saturated heterocycles. The number of alkyl halides is 3. The minimum Gasteiger partial charge on any atom is -0.481 e. The standard InChI is InChI=1S/C14H14F3NO2/c1-8(5-13(19)20)12-7-9-6-10(14(15,16)17)3-4-11(9)18(12)2/h3-4,6-8H,5H2,1-2H3,(H,19,20). The second-order valence-corrected chi connectivity index (χ2v) is 4.90. The zero-order valence-electron chi connectivity index (χ0n) is 11.0. The number of hydrogen-bond donors (Lipinski definition) is 1. The van der Waals surface area contributed by atoms with E-state index in [0.717, 1.165) is 12.1 Å². The van der Waals surface area contributed by atoms with Crippen molar-refractivity contribution in [3.63, 3.8) is 0 Å². The molecule has 108 valence electrons. The Morgan fingerprint density at radius 1 is 1.35 bits per heavy atom. The maximum absolute atomic E-state index is 12.7. The number of hydrogen-bond acceptors (Lipinski definition) is 1. The Morgan fingerprint density at radius 2 is 2.00 bits per heavy atom. The first-order valence-electron chi connectivity index (χ1n) is 6.08. The number of aromatic nitrogens is 1. The van der Waals surface area contributed by atoms with Gasteiger partial charge in [0.2, 0.25) is 0 Å². The van der Waals surface area contributed by atoms with Crippen LogP contribution in [0.2, 0.25) is 0 Å². The molecule has 20 heavy (non-hydrogen) atoms. The van der Waals surface area contributed by atoms with E-state index >= 15 is 0 Å². The van der Waals surface area contributed by atoms with E-state index in [2.05, 4.69) is 0 Å². The number of benzene rings is 1. The highest BCUT2D eigenvalue weighted by Crippen LogP contribution is 2.33. The highest BCUT2D eigenvalue weighted by molar-refractivity contribution is 5.82. The van der Waals surface area contributed by atoms with Gasteiger partial charge in [0.25, 0.3) is 0 Å². The smallest absolute Gasteiger partial charge is 0.416 e. The Kier molecular flexibility index (Phi) is 3.50. The molecule has 1 aromatic heterocycles. The number of fused-ring (bicyclic) bond motifs is 1. The van der Waals surface area contributed by atoms with Gasteiger partial charge in [-0.15, -0.1) is 0 Å². The first-order chi connectivity index (χ1) is 9.20. The SMILES string of the molecule is CC(CC(=O)O)c1cc2cc(C(F)(F)F)ccc2n1C. The number of carboxylic acids is 1. The summed E-state index contributed by atoms with van der Waals surface area (Å²) in [4.78, 5) is 10.7. The van der Waals surface area contributed by atoms with E-state index < -0.39 is 17.7 Å². The third-order valence-corrected chi connectivity index (χ3v) is 3.39. The van der Waals surface area contributed by atoms with Crippen LogP contribution in [0.25, 0.3) is 10.9 Å². The average molecular weight is 285 g/mol. The lowest BCUT2D eigenvalue weighted by Crippen LogP contribution is -2.06. The van der Waals surface area contributed by atoms with E-state index in [1.807, 2.05) is 0 Å². The number of aliphatic carboxylic acids is 1. The van der Waals surface area contributed by atoms with Gasteiger partial charge >= 0.3 is 12.1 Å². The monoisotopic (exact) mass is 285 g/mol. The molecule has 0 amide bonds. The first-order valence-corrected chi connectivity index (χ1v) is 6.08. The van der Waals surface area contributed by atoms with Crippen molar-refractivity contribution in [2.24, 2.45) is 7.05 Å². The van der Waals surface area contributed by atoms with Crippen molar-refractivity contribution in [1.82, 2.24) is 4.57 Å². The Hall–Kier alpha value is -1.98. The van der Waals surface area contributed by atoms with Gasteiger partial charge in [0.1, 0.15) is 0 Å². The lowest BCUT2D eigenvalue weighted by atomic mass is 10.0. The van der Waals surface area contributed by atoms with Crippen molar-refractivity contribution in [3.8, 4) is 0 Å². The number of halogens is 3. The maximum atomic E-state index is 12.7. The molecule has 3 nitrogen and oxygen atoms in total. The van der Waals surface area contributed by atoms with Crippen LogP contribution < -0.4 is 0 Å². The van der Waals surface area contributed by atoms with Crippen molar-refractivity contribution in [2.75, 3.05) is 0 Å². The second kappa shape index (κ2) is 4.85. The molecule has 0 aliphatic heterocycles. The Morgan fingerprint density at radius 3 is 2.55 bits per heavy atom. The van der Waals surface area contributed by atoms with Crippen LogP contribution in [-0.2, 0) is 18.0 Å². The summed E-state index contributed by atoms with van der Waals surface area (Å²) in [7, 11) is 1.73. The predicted octanol–water partition coefficient (Wildman–Crippen LogP) is 3.78. The van der Waals surface area contributed by atoms with E-state index in [-0.39, 0.29) is 12.3 Å². The molecule has 0 aliphatic rings. The highest BCUT2D eigenvalue weighted by atomic mass is 19.4. The molecule has 0 fully saturated rings. The minimum atomic E-state index is -4.38. The zero-order valence-corrected chi connectivity index (χ0v) is 11.0. The van der Waals surface area contributed by atoms with Gasteiger partial charge < -0.3 is 9.67 Å². The molecule has 2 rings (SSSR count). The summed E-state index contributed by atoms with van der Waals surface area (Å²) in [6, 6.07) is 5.16. The first kappa shape index (κ1) is 14.4. The lowest BCUT2D eigenvalue weighted by molar-refractivity contribution is -0.138. The number of carboxylic acid groups (broad SMARTS) is 1. The van der Waals surface area contributed by atoms with Gasteiger partial charge in [-0.05, 0) is 24.3 Å². The third-order valence-electron chi connectivity index (χ3n) is 3.39. The summed E-state index contributed by atoms with van der Waals surface area (Å²) in [5, 5.41) is 9.27. The van der Waals surface area contributed by atoms with E-state index in [9.17, 15) is 18.0 Å². The molecular weight excluding hydrogens is 271 g/mol. The quantitative estimate of drug-likeness (QED) is 0.932. The fraction of sp³-hybridized carbons (Fsp3) is 0.357. The van der Waals surface area contributed by atoms with Crippen molar-refractivity contribution in [3.05, 3.63) is 35.5 Å². The fourth-order valence-electron chi connectivity index (χ4n) is 2.39. The van der Waals surface area contributed by atoms with Crippen LogP contribution >= 0.6 is 0 Å². The van der Waals surface area contributed by atoms with Gasteiger partial charge in [-0.1, -0.05) is 6.92 Å². The fourth-order valence-corrected chi connectivity index (χ4v) is 2.39. The number of rotatable bonds is 3. The largest absolute Gasteiger partial charge is 0.481 e. The Labute approximate surface area is 113 Å². The molecule has 1 N–H and O–H groups in total. The van der Waals surface area contributed by atoms with Crippen LogP contribution in [0.1, 0.15) is 30.5 Å². The Bertz CT molecular complexity index is 658. The van der Waals surface area contributed by atoms with Crippen molar-refractivity contribution < 1.29 is 23.1 Å². The summed E-state index contributed by atoms with van der Waals surface area (Å²) in [6.45, 7) is 1.74. The van der Waals surface area contributed by atoms with Gasteiger partial charge in [0, 0.05) is 29.6 Å². The van der Waals surface area contributed by atoms with Crippen LogP contribution in [0.5, 0.6) is 0 Å². The Balaban J connectivity index is 2.49. The van der Waals surface area contributed by atoms with E-state index in [4.69, 9.17) is 5.11 Å². The van der Waals surface area contributed by atoms with Gasteiger partial charge in [0.05, 0.1) is 12.0 Å². The normalized spacial score (nSPS) is 13.7. The summed E-state index contributed by atoms with van der Waals surface area (Å²) in [5.74, 6) is -1.20. The van der Waals surface area contributed by atoms with Gasteiger partial charge in [-0.25, -0.2) is 0 Å². The summed E-state index contributed by atoms with van der Waals surface area (Å²) < 4.78 is 39.7. The molecule has 0 radical (unpaired) electrons. The summed E-state index contributed by atoms with van der Waals surface area (Å²) in [5.41, 5.74) is 0.667. The molecule has 0 spiro atoms. The molecule has 1 unspecified atom stereocenters. The molecular formula is C14H14F3NO2. The molecule has 6 heteroatoms. The maximum Gasteiger partial charge on any atom is 0.416 e. The van der Waals surface area contributed by atoms with E-state index in [1.54, 1.807) is 24.6 Å². The predicted molar refractivity (Wildman–Crippen MR) is 68.6 cm³/mol. The van der Waals surface area contributed by atoms with Gasteiger partial charge in [0.15, 0.2) is 0 Å². The van der Waals surface area contributed by atoms with Crippen molar-refractivity contribution in [1.29, 1.82) is 0 Å². The minimum absolute atomic E-state index is 0.0592. The van der Waals surface area contributed by atoms with Crippen LogP contribution in [-0.4, -0.2) is 15.6 Å². The average Bonchev–Trinajstić information content (AvgIpc) is 2.64. The molecule has 1 atom stereocenters. The zero-order chi connectivity index (χ0) is 15.1. The molecule has 1 heterocycles. The lowest BCUT2D eigenvalue weighted by Gasteiger charge is -2.10. The van der Waals surface area contributed by atoms with Crippen molar-refractivity contribution >= 4 is 16.9 Å². The third kappa shape index (κ3) is 2.64. The highest BCUT2D eigenvalue weighted by Gasteiger charge is 2.30.